The van der Waals surface area contributed by atoms with Gasteiger partial charge in [-0.25, -0.2) is 0 Å². The Hall–Kier alpha value is -1.39. The van der Waals surface area contributed by atoms with E-state index in [0.717, 1.165) is 5.56 Å². The third kappa shape index (κ3) is 5.31. The fourth-order valence-electron chi connectivity index (χ4n) is 2.25. The van der Waals surface area contributed by atoms with Crippen molar-refractivity contribution in [2.45, 2.75) is 32.3 Å². The number of carbonyl (C=O) groups excluding carboxylic acids is 1. The van der Waals surface area contributed by atoms with Crippen LogP contribution in [0.3, 0.4) is 0 Å². The summed E-state index contributed by atoms with van der Waals surface area (Å²) >= 11 is 0. The van der Waals surface area contributed by atoms with Crippen LogP contribution >= 0.6 is 0 Å². The van der Waals surface area contributed by atoms with Gasteiger partial charge in [-0.2, -0.15) is 0 Å². The van der Waals surface area contributed by atoms with Gasteiger partial charge in [0.15, 0.2) is 0 Å². The quantitative estimate of drug-likeness (QED) is 0.764. The first-order valence-electron chi connectivity index (χ1n) is 7.06. The van der Waals surface area contributed by atoms with Crippen molar-refractivity contribution in [3.05, 3.63) is 35.9 Å². The molecule has 0 heterocycles. The van der Waals surface area contributed by atoms with Crippen LogP contribution in [0.15, 0.2) is 30.3 Å². The second-order valence-corrected chi connectivity index (χ2v) is 5.32. The van der Waals surface area contributed by atoms with Gasteiger partial charge in [0.2, 0.25) is 5.91 Å². The molecular formula is C16H25NO3. The molecule has 2 unspecified atom stereocenters. The second-order valence-electron chi connectivity index (χ2n) is 5.32. The molecule has 0 aliphatic carbocycles. The maximum absolute atomic E-state index is 12.3. The number of aliphatic hydroxyl groups is 1. The highest BCUT2D eigenvalue weighted by Gasteiger charge is 2.23. The number of aliphatic hydroxyl groups excluding tert-OH is 1. The summed E-state index contributed by atoms with van der Waals surface area (Å²) in [6.45, 7) is 4.83. The summed E-state index contributed by atoms with van der Waals surface area (Å²) < 4.78 is 4.85. The molecule has 1 rings (SSSR count). The topological polar surface area (TPSA) is 58.6 Å². The zero-order valence-corrected chi connectivity index (χ0v) is 12.5. The third-order valence-electron chi connectivity index (χ3n) is 3.24. The Bertz CT molecular complexity index is 392. The van der Waals surface area contributed by atoms with E-state index in [1.807, 2.05) is 44.2 Å². The Balaban J connectivity index is 2.54. The number of nitrogens with one attached hydrogen (secondary N) is 1. The predicted octanol–water partition coefficient (Wildman–Crippen LogP) is 1.94. The van der Waals surface area contributed by atoms with Crippen LogP contribution in [0, 0.1) is 5.92 Å². The number of rotatable bonds is 8. The number of amides is 1. The van der Waals surface area contributed by atoms with Crippen molar-refractivity contribution in [3.63, 3.8) is 0 Å². The van der Waals surface area contributed by atoms with Crippen molar-refractivity contribution in [3.8, 4) is 0 Å². The maximum atomic E-state index is 12.3. The molecule has 20 heavy (non-hydrogen) atoms. The van der Waals surface area contributed by atoms with Gasteiger partial charge < -0.3 is 15.2 Å². The van der Waals surface area contributed by atoms with E-state index >= 15 is 0 Å². The van der Waals surface area contributed by atoms with E-state index in [2.05, 4.69) is 5.32 Å². The average Bonchev–Trinajstić information content (AvgIpc) is 2.40. The van der Waals surface area contributed by atoms with E-state index in [4.69, 9.17) is 4.74 Å². The van der Waals surface area contributed by atoms with Gasteiger partial charge in [-0.15, -0.1) is 0 Å². The molecule has 0 aliphatic rings. The molecule has 0 fully saturated rings. The zero-order valence-electron chi connectivity index (χ0n) is 12.5. The van der Waals surface area contributed by atoms with Crippen molar-refractivity contribution in [2.24, 2.45) is 5.92 Å². The molecule has 0 radical (unpaired) electrons. The largest absolute Gasteiger partial charge is 0.391 e. The number of methoxy groups -OCH3 is 1. The fraction of sp³-hybridized carbons (Fsp3) is 0.562. The van der Waals surface area contributed by atoms with Crippen molar-refractivity contribution >= 4 is 5.91 Å². The average molecular weight is 279 g/mol. The molecule has 0 saturated heterocycles. The van der Waals surface area contributed by atoms with Gasteiger partial charge >= 0.3 is 0 Å². The standard InChI is InChI=1S/C16H25NO3/c1-12(2)15(13-7-5-4-6-8-13)16(19)17-10-9-14(18)11-20-3/h4-8,12,14-15,18H,9-11H2,1-3H3,(H,17,19). The van der Waals surface area contributed by atoms with Crippen LogP contribution in [0.25, 0.3) is 0 Å². The Morgan fingerprint density at radius 2 is 1.95 bits per heavy atom. The van der Waals surface area contributed by atoms with Gasteiger partial charge in [-0.3, -0.25) is 4.79 Å². The summed E-state index contributed by atoms with van der Waals surface area (Å²) in [5, 5.41) is 12.4. The second kappa shape index (κ2) is 8.72. The first kappa shape index (κ1) is 16.7. The first-order chi connectivity index (χ1) is 9.56. The van der Waals surface area contributed by atoms with Crippen molar-refractivity contribution < 1.29 is 14.6 Å². The molecule has 2 atom stereocenters. The number of ether oxygens (including phenoxy) is 1. The lowest BCUT2D eigenvalue weighted by Gasteiger charge is -2.21. The van der Waals surface area contributed by atoms with Crippen LogP contribution in [-0.2, 0) is 9.53 Å². The van der Waals surface area contributed by atoms with Crippen LogP contribution in [0.4, 0.5) is 0 Å². The van der Waals surface area contributed by atoms with Crippen molar-refractivity contribution in [2.75, 3.05) is 20.3 Å². The van der Waals surface area contributed by atoms with E-state index < -0.39 is 6.10 Å². The lowest BCUT2D eigenvalue weighted by molar-refractivity contribution is -0.123. The summed E-state index contributed by atoms with van der Waals surface area (Å²) in [5.41, 5.74) is 1.03. The fourth-order valence-corrected chi connectivity index (χ4v) is 2.25. The van der Waals surface area contributed by atoms with Crippen LogP contribution in [0.2, 0.25) is 0 Å². The monoisotopic (exact) mass is 279 g/mol. The molecule has 1 aromatic rings. The zero-order chi connectivity index (χ0) is 15.0. The first-order valence-corrected chi connectivity index (χ1v) is 7.06. The lowest BCUT2D eigenvalue weighted by atomic mass is 9.87. The molecule has 1 aromatic carbocycles. The van der Waals surface area contributed by atoms with E-state index in [9.17, 15) is 9.90 Å². The molecule has 0 bridgehead atoms. The van der Waals surface area contributed by atoms with Gasteiger partial charge in [0.05, 0.1) is 18.6 Å². The summed E-state index contributed by atoms with van der Waals surface area (Å²) in [6.07, 6.45) is -0.0337. The maximum Gasteiger partial charge on any atom is 0.227 e. The summed E-state index contributed by atoms with van der Waals surface area (Å²) in [7, 11) is 1.55. The molecule has 112 valence electrons. The molecule has 0 aromatic heterocycles. The lowest BCUT2D eigenvalue weighted by Crippen LogP contribution is -2.34. The minimum absolute atomic E-state index is 0.0100. The van der Waals surface area contributed by atoms with Crippen molar-refractivity contribution in [1.29, 1.82) is 0 Å². The van der Waals surface area contributed by atoms with Gasteiger partial charge in [0.25, 0.3) is 0 Å². The number of benzene rings is 1. The van der Waals surface area contributed by atoms with Crippen LogP contribution in [0.1, 0.15) is 31.7 Å². The molecule has 1 amide bonds. The van der Waals surface area contributed by atoms with E-state index in [1.54, 1.807) is 7.11 Å². The molecule has 4 nitrogen and oxygen atoms in total. The number of hydrogen-bond acceptors (Lipinski definition) is 3. The molecular weight excluding hydrogens is 254 g/mol. The van der Waals surface area contributed by atoms with E-state index in [0.29, 0.717) is 19.6 Å². The summed E-state index contributed by atoms with van der Waals surface area (Å²) in [5.74, 6) is 0.0767. The Kier molecular flexibility index (Phi) is 7.26. The van der Waals surface area contributed by atoms with Crippen LogP contribution < -0.4 is 5.32 Å². The summed E-state index contributed by atoms with van der Waals surface area (Å²) in [4.78, 5) is 12.3. The SMILES string of the molecule is COCC(O)CCNC(=O)C(c1ccccc1)C(C)C. The molecule has 0 spiro atoms. The highest BCUT2D eigenvalue weighted by molar-refractivity contribution is 5.83. The molecule has 4 heteroatoms. The van der Waals surface area contributed by atoms with Gasteiger partial charge in [0, 0.05) is 13.7 Å². The van der Waals surface area contributed by atoms with Crippen LogP contribution in [-0.4, -0.2) is 37.4 Å². The smallest absolute Gasteiger partial charge is 0.227 e. The van der Waals surface area contributed by atoms with Crippen LogP contribution in [0.5, 0.6) is 0 Å². The number of carbonyl (C=O) groups is 1. The molecule has 2 N–H and O–H groups in total. The Morgan fingerprint density at radius 1 is 1.30 bits per heavy atom. The summed E-state index contributed by atoms with van der Waals surface area (Å²) in [6, 6.07) is 9.79. The highest BCUT2D eigenvalue weighted by Crippen LogP contribution is 2.24. The minimum atomic E-state index is -0.533. The van der Waals surface area contributed by atoms with Crippen molar-refractivity contribution in [1.82, 2.24) is 5.32 Å². The third-order valence-corrected chi connectivity index (χ3v) is 3.24. The highest BCUT2D eigenvalue weighted by atomic mass is 16.5. The predicted molar refractivity (Wildman–Crippen MR) is 79.5 cm³/mol. The van der Waals surface area contributed by atoms with Gasteiger partial charge in [-0.1, -0.05) is 44.2 Å². The number of hydrogen-bond donors (Lipinski definition) is 2. The normalized spacial score (nSPS) is 14.1. The van der Waals surface area contributed by atoms with Gasteiger partial charge in [0.1, 0.15) is 0 Å². The molecule has 0 saturated carbocycles. The van der Waals surface area contributed by atoms with E-state index in [1.165, 1.54) is 0 Å². The molecule has 0 aliphatic heterocycles. The minimum Gasteiger partial charge on any atom is -0.391 e. The van der Waals surface area contributed by atoms with E-state index in [-0.39, 0.29) is 17.7 Å². The van der Waals surface area contributed by atoms with Gasteiger partial charge in [-0.05, 0) is 17.9 Å². The Morgan fingerprint density at radius 3 is 2.50 bits per heavy atom. The Labute approximate surface area is 121 Å².